The van der Waals surface area contributed by atoms with Gasteiger partial charge in [-0.2, -0.15) is 5.26 Å². The maximum Gasteiger partial charge on any atom is 0.275 e. The minimum atomic E-state index is -0.392. The van der Waals surface area contributed by atoms with Crippen LogP contribution in [-0.2, 0) is 0 Å². The van der Waals surface area contributed by atoms with Gasteiger partial charge in [0.25, 0.3) is 5.91 Å². The van der Waals surface area contributed by atoms with Gasteiger partial charge in [-0.3, -0.25) is 4.79 Å². The first-order valence-corrected chi connectivity index (χ1v) is 8.09. The summed E-state index contributed by atoms with van der Waals surface area (Å²) >= 11 is 3.40. The van der Waals surface area contributed by atoms with Gasteiger partial charge in [-0.1, -0.05) is 28.1 Å². The molecule has 0 atom stereocenters. The van der Waals surface area contributed by atoms with Gasteiger partial charge in [-0.05, 0) is 36.4 Å². The van der Waals surface area contributed by atoms with E-state index in [4.69, 9.17) is 5.26 Å². The third kappa shape index (κ3) is 4.40. The molecule has 0 bridgehead atoms. The Balaban J connectivity index is 1.69. The molecule has 1 heterocycles. The lowest BCUT2D eigenvalue weighted by molar-refractivity contribution is 0.102. The Morgan fingerprint density at radius 2 is 1.84 bits per heavy atom. The van der Waals surface area contributed by atoms with Crippen molar-refractivity contribution < 1.29 is 4.79 Å². The van der Waals surface area contributed by atoms with E-state index in [0.29, 0.717) is 17.1 Å². The Hall–Kier alpha value is -3.24. The molecule has 0 aliphatic rings. The van der Waals surface area contributed by atoms with Crippen molar-refractivity contribution in [2.24, 2.45) is 0 Å². The van der Waals surface area contributed by atoms with E-state index in [9.17, 15) is 4.79 Å². The molecule has 1 aromatic heterocycles. The fourth-order valence-corrected chi connectivity index (χ4v) is 2.48. The maximum atomic E-state index is 12.2. The zero-order chi connectivity index (χ0) is 17.6. The highest BCUT2D eigenvalue weighted by Gasteiger charge is 2.09. The molecule has 6 nitrogen and oxygen atoms in total. The van der Waals surface area contributed by atoms with Crippen LogP contribution < -0.4 is 10.6 Å². The van der Waals surface area contributed by atoms with Crippen LogP contribution in [0.15, 0.2) is 65.4 Å². The average molecular weight is 394 g/mol. The predicted molar refractivity (Wildman–Crippen MR) is 98.6 cm³/mol. The molecule has 25 heavy (non-hydrogen) atoms. The lowest BCUT2D eigenvalue weighted by Crippen LogP contribution is -2.14. The zero-order valence-electron chi connectivity index (χ0n) is 12.9. The van der Waals surface area contributed by atoms with Gasteiger partial charge in [0.2, 0.25) is 0 Å². The first kappa shape index (κ1) is 16.6. The second-order valence-corrected chi connectivity index (χ2v) is 5.98. The summed E-state index contributed by atoms with van der Waals surface area (Å²) in [6.07, 6.45) is 2.88. The molecule has 0 fully saturated rings. The van der Waals surface area contributed by atoms with Crippen molar-refractivity contribution in [1.29, 1.82) is 5.26 Å². The predicted octanol–water partition coefficient (Wildman–Crippen LogP) is 4.11. The smallest absolute Gasteiger partial charge is 0.275 e. The number of carbonyl (C=O) groups is 1. The summed E-state index contributed by atoms with van der Waals surface area (Å²) < 4.78 is 0.945. The SMILES string of the molecule is N#Cc1cccc(NC(=O)c2cnc(Nc3cccc(Br)c3)cn2)c1. The Bertz CT molecular complexity index is 950. The number of benzene rings is 2. The maximum absolute atomic E-state index is 12.2. The summed E-state index contributed by atoms with van der Waals surface area (Å²) in [5.41, 5.74) is 2.04. The largest absolute Gasteiger partial charge is 0.339 e. The van der Waals surface area contributed by atoms with E-state index in [1.54, 1.807) is 24.3 Å². The van der Waals surface area contributed by atoms with Gasteiger partial charge in [-0.25, -0.2) is 9.97 Å². The number of anilines is 3. The van der Waals surface area contributed by atoms with Crippen LogP contribution in [0.1, 0.15) is 16.1 Å². The Labute approximate surface area is 152 Å². The van der Waals surface area contributed by atoms with Gasteiger partial charge < -0.3 is 10.6 Å². The highest BCUT2D eigenvalue weighted by atomic mass is 79.9. The zero-order valence-corrected chi connectivity index (χ0v) is 14.5. The van der Waals surface area contributed by atoms with Gasteiger partial charge in [0, 0.05) is 15.8 Å². The van der Waals surface area contributed by atoms with Gasteiger partial charge >= 0.3 is 0 Å². The first-order chi connectivity index (χ1) is 12.1. The summed E-state index contributed by atoms with van der Waals surface area (Å²) in [5, 5.41) is 14.7. The molecule has 3 aromatic rings. The number of aromatic nitrogens is 2. The second kappa shape index (κ2) is 7.55. The van der Waals surface area contributed by atoms with Crippen molar-refractivity contribution in [3.8, 4) is 6.07 Å². The number of amides is 1. The highest BCUT2D eigenvalue weighted by Crippen LogP contribution is 2.19. The van der Waals surface area contributed by atoms with Crippen molar-refractivity contribution in [3.05, 3.63) is 76.7 Å². The van der Waals surface area contributed by atoms with Gasteiger partial charge in [-0.15, -0.1) is 0 Å². The number of halogens is 1. The molecular formula is C18H12BrN5O. The van der Waals surface area contributed by atoms with Crippen molar-refractivity contribution in [1.82, 2.24) is 9.97 Å². The Kier molecular flexibility index (Phi) is 5.02. The number of hydrogen-bond donors (Lipinski definition) is 2. The van der Waals surface area contributed by atoms with E-state index in [1.807, 2.05) is 30.3 Å². The third-order valence-electron chi connectivity index (χ3n) is 3.23. The fraction of sp³-hybridized carbons (Fsp3) is 0. The lowest BCUT2D eigenvalue weighted by atomic mass is 10.2. The van der Waals surface area contributed by atoms with Crippen LogP contribution in [0.25, 0.3) is 0 Å². The standard InChI is InChI=1S/C18H12BrN5O/c19-13-4-2-6-15(8-13)23-17-11-21-16(10-22-17)18(25)24-14-5-1-3-12(7-14)9-20/h1-8,10-11H,(H,22,23)(H,24,25). The first-order valence-electron chi connectivity index (χ1n) is 7.30. The molecule has 0 unspecified atom stereocenters. The molecular weight excluding hydrogens is 382 g/mol. The summed E-state index contributed by atoms with van der Waals surface area (Å²) in [7, 11) is 0. The van der Waals surface area contributed by atoms with Crippen LogP contribution >= 0.6 is 15.9 Å². The summed E-state index contributed by atoms with van der Waals surface area (Å²) in [6.45, 7) is 0. The Morgan fingerprint density at radius 1 is 1.04 bits per heavy atom. The molecule has 0 aliphatic carbocycles. The third-order valence-corrected chi connectivity index (χ3v) is 3.72. The van der Waals surface area contributed by atoms with Crippen molar-refractivity contribution in [2.45, 2.75) is 0 Å². The van der Waals surface area contributed by atoms with E-state index in [2.05, 4.69) is 36.5 Å². The number of rotatable bonds is 4. The summed E-state index contributed by atoms with van der Waals surface area (Å²) in [4.78, 5) is 20.5. The number of nitrogens with one attached hydrogen (secondary N) is 2. The van der Waals surface area contributed by atoms with Crippen LogP contribution in [0.2, 0.25) is 0 Å². The molecule has 7 heteroatoms. The Morgan fingerprint density at radius 3 is 2.56 bits per heavy atom. The van der Waals surface area contributed by atoms with Crippen LogP contribution in [0.4, 0.5) is 17.2 Å². The minimum absolute atomic E-state index is 0.183. The monoisotopic (exact) mass is 393 g/mol. The van der Waals surface area contributed by atoms with E-state index < -0.39 is 5.91 Å². The van der Waals surface area contributed by atoms with E-state index >= 15 is 0 Å². The van der Waals surface area contributed by atoms with Crippen LogP contribution in [0.3, 0.4) is 0 Å². The van der Waals surface area contributed by atoms with E-state index in [1.165, 1.54) is 12.4 Å². The molecule has 0 saturated heterocycles. The molecule has 3 rings (SSSR count). The van der Waals surface area contributed by atoms with Gasteiger partial charge in [0.15, 0.2) is 0 Å². The molecule has 1 amide bonds. The summed E-state index contributed by atoms with van der Waals surface area (Å²) in [6, 6.07) is 16.3. The topological polar surface area (TPSA) is 90.7 Å². The normalized spacial score (nSPS) is 9.92. The molecule has 2 N–H and O–H groups in total. The molecule has 0 radical (unpaired) electrons. The van der Waals surface area contributed by atoms with Crippen molar-refractivity contribution >= 4 is 39.0 Å². The van der Waals surface area contributed by atoms with Crippen LogP contribution in [0.5, 0.6) is 0 Å². The number of nitrogens with zero attached hydrogens (tertiary/aromatic N) is 3. The molecule has 0 aliphatic heterocycles. The fourth-order valence-electron chi connectivity index (χ4n) is 2.09. The van der Waals surface area contributed by atoms with Gasteiger partial charge in [0.1, 0.15) is 11.5 Å². The van der Waals surface area contributed by atoms with E-state index in [-0.39, 0.29) is 5.69 Å². The molecule has 0 spiro atoms. The molecule has 0 saturated carbocycles. The highest BCUT2D eigenvalue weighted by molar-refractivity contribution is 9.10. The second-order valence-electron chi connectivity index (χ2n) is 5.07. The molecule has 122 valence electrons. The average Bonchev–Trinajstić information content (AvgIpc) is 2.62. The van der Waals surface area contributed by atoms with Crippen LogP contribution in [0, 0.1) is 11.3 Å². The van der Waals surface area contributed by atoms with Crippen LogP contribution in [-0.4, -0.2) is 15.9 Å². The quantitative estimate of drug-likeness (QED) is 0.695. The number of hydrogen-bond acceptors (Lipinski definition) is 5. The summed E-state index contributed by atoms with van der Waals surface area (Å²) in [5.74, 6) is 0.137. The van der Waals surface area contributed by atoms with Crippen molar-refractivity contribution in [2.75, 3.05) is 10.6 Å². The lowest BCUT2D eigenvalue weighted by Gasteiger charge is -2.07. The van der Waals surface area contributed by atoms with Gasteiger partial charge in [0.05, 0.1) is 24.0 Å². The molecule has 2 aromatic carbocycles. The van der Waals surface area contributed by atoms with Crippen molar-refractivity contribution in [3.63, 3.8) is 0 Å². The number of carbonyl (C=O) groups excluding carboxylic acids is 1. The van der Waals surface area contributed by atoms with E-state index in [0.717, 1.165) is 10.2 Å². The number of nitriles is 1. The minimum Gasteiger partial charge on any atom is -0.339 e.